The average Bonchev–Trinajstić information content (AvgIpc) is 2.87. The summed E-state index contributed by atoms with van der Waals surface area (Å²) in [4.78, 5) is 14.1. The summed E-state index contributed by atoms with van der Waals surface area (Å²) in [5.41, 5.74) is 7.10. The van der Waals surface area contributed by atoms with E-state index in [0.717, 1.165) is 28.6 Å². The number of aromatic nitrogens is 1. The van der Waals surface area contributed by atoms with Crippen molar-refractivity contribution in [3.05, 3.63) is 53.7 Å². The molecule has 0 spiro atoms. The third-order valence-corrected chi connectivity index (χ3v) is 5.06. The topological polar surface area (TPSA) is 125 Å². The van der Waals surface area contributed by atoms with Gasteiger partial charge in [-0.1, -0.05) is 6.07 Å². The third-order valence-electron chi connectivity index (χ3n) is 3.68. The predicted molar refractivity (Wildman–Crippen MR) is 90.5 cm³/mol. The molecule has 0 saturated carbocycles. The van der Waals surface area contributed by atoms with Gasteiger partial charge >= 0.3 is 0 Å². The van der Waals surface area contributed by atoms with E-state index in [9.17, 15) is 18.3 Å². The number of carbonyl (C=O) groups is 1. The van der Waals surface area contributed by atoms with Crippen LogP contribution >= 0.6 is 0 Å². The van der Waals surface area contributed by atoms with Gasteiger partial charge in [0.05, 0.1) is 16.1 Å². The highest BCUT2D eigenvalue weighted by Crippen LogP contribution is 2.25. The molecule has 24 heavy (non-hydrogen) atoms. The van der Waals surface area contributed by atoms with Crippen molar-refractivity contribution in [2.75, 3.05) is 4.72 Å². The Morgan fingerprint density at radius 1 is 1.21 bits per heavy atom. The van der Waals surface area contributed by atoms with Gasteiger partial charge in [-0.05, 0) is 42.8 Å². The summed E-state index contributed by atoms with van der Waals surface area (Å²) in [5, 5.41) is 10.6. The van der Waals surface area contributed by atoms with Gasteiger partial charge in [0, 0.05) is 17.1 Å². The first-order chi connectivity index (χ1) is 11.3. The highest BCUT2D eigenvalue weighted by Gasteiger charge is 2.18. The fraction of sp³-hybridized carbons (Fsp3) is 0.0625. The van der Waals surface area contributed by atoms with Crippen molar-refractivity contribution in [2.45, 2.75) is 11.8 Å². The Bertz CT molecular complexity index is 1050. The summed E-state index contributed by atoms with van der Waals surface area (Å²) in [6.07, 6.45) is 1.84. The quantitative estimate of drug-likeness (QED) is 0.577. The van der Waals surface area contributed by atoms with E-state index < -0.39 is 15.9 Å². The van der Waals surface area contributed by atoms with Crippen LogP contribution in [0.25, 0.3) is 10.9 Å². The molecule has 0 bridgehead atoms. The van der Waals surface area contributed by atoms with Crippen LogP contribution < -0.4 is 10.5 Å². The summed E-state index contributed by atoms with van der Waals surface area (Å²) in [6.45, 7) is 1.95. The molecule has 1 heterocycles. The van der Waals surface area contributed by atoms with Crippen molar-refractivity contribution in [3.8, 4) is 5.75 Å². The zero-order valence-electron chi connectivity index (χ0n) is 12.7. The van der Waals surface area contributed by atoms with E-state index in [-0.39, 0.29) is 16.2 Å². The number of nitrogens with two attached hydrogens (primary N) is 1. The molecule has 3 rings (SSSR count). The Labute approximate surface area is 138 Å². The second-order valence-corrected chi connectivity index (χ2v) is 7.06. The number of carbonyl (C=O) groups excluding carboxylic acids is 1. The molecule has 0 aliphatic carbocycles. The van der Waals surface area contributed by atoms with Gasteiger partial charge in [0.2, 0.25) is 0 Å². The van der Waals surface area contributed by atoms with E-state index in [1.54, 1.807) is 12.1 Å². The lowest BCUT2D eigenvalue weighted by Gasteiger charge is -2.10. The van der Waals surface area contributed by atoms with Crippen LogP contribution in [0.1, 0.15) is 15.9 Å². The molecule has 0 unspecified atom stereocenters. The summed E-state index contributed by atoms with van der Waals surface area (Å²) >= 11 is 0. The number of primary amides is 1. The van der Waals surface area contributed by atoms with E-state index in [1.165, 1.54) is 6.07 Å². The van der Waals surface area contributed by atoms with Gasteiger partial charge in [-0.15, -0.1) is 0 Å². The van der Waals surface area contributed by atoms with Crippen molar-refractivity contribution in [1.82, 2.24) is 4.98 Å². The SMILES string of the molecule is Cc1c[nH]c2cc(NS(=O)(=O)c3ccc(O)c(C(N)=O)c3)ccc12. The average molecular weight is 345 g/mol. The highest BCUT2D eigenvalue weighted by atomic mass is 32.2. The smallest absolute Gasteiger partial charge is 0.261 e. The maximum atomic E-state index is 12.5. The standard InChI is InChI=1S/C16H15N3O4S/c1-9-8-18-14-6-10(2-4-12(9)14)19-24(22,23)11-3-5-15(20)13(7-11)16(17)21/h2-8,18-20H,1H3,(H2,17,21). The molecule has 5 N–H and O–H groups in total. The van der Waals surface area contributed by atoms with Crippen LogP contribution in [0.15, 0.2) is 47.5 Å². The molecule has 0 aliphatic heterocycles. The minimum Gasteiger partial charge on any atom is -0.507 e. The van der Waals surface area contributed by atoms with Crippen molar-refractivity contribution in [1.29, 1.82) is 0 Å². The predicted octanol–water partition coefficient (Wildman–Crippen LogP) is 2.08. The molecule has 0 atom stereocenters. The number of fused-ring (bicyclic) bond motifs is 1. The van der Waals surface area contributed by atoms with Gasteiger partial charge in [-0.25, -0.2) is 8.42 Å². The van der Waals surface area contributed by atoms with Crippen LogP contribution in [0.5, 0.6) is 5.75 Å². The molecule has 0 fully saturated rings. The van der Waals surface area contributed by atoms with Crippen molar-refractivity contribution >= 4 is 32.5 Å². The number of hydrogen-bond donors (Lipinski definition) is 4. The fourth-order valence-electron chi connectivity index (χ4n) is 2.43. The van der Waals surface area contributed by atoms with Crippen molar-refractivity contribution < 1.29 is 18.3 Å². The molecule has 0 radical (unpaired) electrons. The lowest BCUT2D eigenvalue weighted by Crippen LogP contribution is -2.16. The number of anilines is 1. The molecular formula is C16H15N3O4S. The summed E-state index contributed by atoms with van der Waals surface area (Å²) in [5.74, 6) is -1.28. The lowest BCUT2D eigenvalue weighted by atomic mass is 10.2. The maximum Gasteiger partial charge on any atom is 0.261 e. The molecule has 2 aromatic carbocycles. The van der Waals surface area contributed by atoms with Gasteiger partial charge < -0.3 is 15.8 Å². The van der Waals surface area contributed by atoms with Gasteiger partial charge in [0.25, 0.3) is 15.9 Å². The Kier molecular flexibility index (Phi) is 3.69. The van der Waals surface area contributed by atoms with E-state index in [0.29, 0.717) is 5.69 Å². The lowest BCUT2D eigenvalue weighted by molar-refractivity contribution is 0.0997. The van der Waals surface area contributed by atoms with E-state index in [4.69, 9.17) is 5.73 Å². The number of amides is 1. The third kappa shape index (κ3) is 2.79. The maximum absolute atomic E-state index is 12.5. The first-order valence-corrected chi connectivity index (χ1v) is 8.49. The Morgan fingerprint density at radius 2 is 1.96 bits per heavy atom. The van der Waals surface area contributed by atoms with Crippen LogP contribution in [0.3, 0.4) is 0 Å². The van der Waals surface area contributed by atoms with E-state index in [2.05, 4.69) is 9.71 Å². The number of hydrogen-bond acceptors (Lipinski definition) is 4. The van der Waals surface area contributed by atoms with Crippen molar-refractivity contribution in [3.63, 3.8) is 0 Å². The number of H-pyrrole nitrogens is 1. The number of phenols is 1. The van der Waals surface area contributed by atoms with Crippen LogP contribution in [-0.4, -0.2) is 24.4 Å². The zero-order chi connectivity index (χ0) is 17.5. The Hall–Kier alpha value is -3.00. The van der Waals surface area contributed by atoms with Crippen LogP contribution in [0.4, 0.5) is 5.69 Å². The first-order valence-electron chi connectivity index (χ1n) is 7.01. The first kappa shape index (κ1) is 15.9. The normalized spacial score (nSPS) is 11.5. The summed E-state index contributed by atoms with van der Waals surface area (Å²) < 4.78 is 27.4. The molecule has 1 amide bonds. The second kappa shape index (κ2) is 5.57. The van der Waals surface area contributed by atoms with Crippen LogP contribution in [0, 0.1) is 6.92 Å². The number of benzene rings is 2. The Morgan fingerprint density at radius 3 is 2.67 bits per heavy atom. The number of aromatic amines is 1. The van der Waals surface area contributed by atoms with Crippen LogP contribution in [0.2, 0.25) is 0 Å². The number of aromatic hydroxyl groups is 1. The monoisotopic (exact) mass is 345 g/mol. The number of sulfonamides is 1. The summed E-state index contributed by atoms with van der Waals surface area (Å²) in [7, 11) is -3.93. The van der Waals surface area contributed by atoms with Gasteiger partial charge in [0.15, 0.2) is 0 Å². The Balaban J connectivity index is 1.98. The van der Waals surface area contributed by atoms with Gasteiger partial charge in [-0.2, -0.15) is 0 Å². The molecule has 0 aliphatic rings. The largest absolute Gasteiger partial charge is 0.507 e. The number of nitrogens with one attached hydrogen (secondary N) is 2. The second-order valence-electron chi connectivity index (χ2n) is 5.38. The number of aryl methyl sites for hydroxylation is 1. The number of rotatable bonds is 4. The molecule has 124 valence electrons. The summed E-state index contributed by atoms with van der Waals surface area (Å²) in [6, 6.07) is 8.49. The zero-order valence-corrected chi connectivity index (χ0v) is 13.5. The van der Waals surface area contributed by atoms with Crippen LogP contribution in [-0.2, 0) is 10.0 Å². The van der Waals surface area contributed by atoms with E-state index in [1.807, 2.05) is 19.2 Å². The van der Waals surface area contributed by atoms with Gasteiger partial charge in [0.1, 0.15) is 5.75 Å². The minimum absolute atomic E-state index is 0.170. The molecule has 1 aromatic heterocycles. The minimum atomic E-state index is -3.93. The van der Waals surface area contributed by atoms with Gasteiger partial charge in [-0.3, -0.25) is 9.52 Å². The molecule has 7 nitrogen and oxygen atoms in total. The highest BCUT2D eigenvalue weighted by molar-refractivity contribution is 7.92. The molecular weight excluding hydrogens is 330 g/mol. The van der Waals surface area contributed by atoms with Crippen molar-refractivity contribution in [2.24, 2.45) is 5.73 Å². The van der Waals surface area contributed by atoms with E-state index >= 15 is 0 Å². The fourth-order valence-corrected chi connectivity index (χ4v) is 3.50. The molecule has 0 saturated heterocycles. The molecule has 8 heteroatoms. The molecule has 3 aromatic rings.